The van der Waals surface area contributed by atoms with E-state index in [0.717, 1.165) is 15.7 Å². The fraction of sp³-hybridized carbons (Fsp3) is 0.188. The zero-order valence-electron chi connectivity index (χ0n) is 11.7. The molecule has 2 rings (SSSR count). The first-order valence-corrected chi connectivity index (χ1v) is 7.43. The zero-order chi connectivity index (χ0) is 15.2. The Morgan fingerprint density at radius 1 is 1.29 bits per heavy atom. The molecule has 4 nitrogen and oxygen atoms in total. The molecule has 0 spiro atoms. The number of nitrogen functional groups attached to an aromatic ring is 1. The maximum absolute atomic E-state index is 12.4. The lowest BCUT2D eigenvalue weighted by atomic mass is 10.1. The van der Waals surface area contributed by atoms with Crippen LogP contribution in [0.15, 0.2) is 46.9 Å². The SMILES string of the molecule is CCOCc1ccccc1NC(=O)c1cc(Br)ccc1N. The molecule has 0 saturated heterocycles. The predicted octanol–water partition coefficient (Wildman–Crippen LogP) is 3.82. The lowest BCUT2D eigenvalue weighted by Gasteiger charge is -2.12. The van der Waals surface area contributed by atoms with Crippen LogP contribution in [-0.2, 0) is 11.3 Å². The molecule has 0 unspecified atom stereocenters. The topological polar surface area (TPSA) is 64.3 Å². The number of nitrogens with two attached hydrogens (primary N) is 1. The fourth-order valence-corrected chi connectivity index (χ4v) is 2.26. The third kappa shape index (κ3) is 4.06. The van der Waals surface area contributed by atoms with Gasteiger partial charge in [-0.05, 0) is 31.2 Å². The van der Waals surface area contributed by atoms with Gasteiger partial charge in [0.25, 0.3) is 5.91 Å². The minimum atomic E-state index is -0.238. The third-order valence-corrected chi connectivity index (χ3v) is 3.48. The van der Waals surface area contributed by atoms with E-state index in [0.29, 0.717) is 24.5 Å². The Balaban J connectivity index is 2.21. The normalized spacial score (nSPS) is 10.4. The molecule has 0 aliphatic heterocycles. The Kier molecular flexibility index (Phi) is 5.36. The molecule has 0 radical (unpaired) electrons. The molecular weight excluding hydrogens is 332 g/mol. The molecule has 2 aromatic carbocycles. The molecule has 5 heteroatoms. The van der Waals surface area contributed by atoms with Gasteiger partial charge in [0.1, 0.15) is 0 Å². The molecule has 0 aliphatic rings. The van der Waals surface area contributed by atoms with E-state index in [-0.39, 0.29) is 5.91 Å². The van der Waals surface area contributed by atoms with Gasteiger partial charge in [-0.2, -0.15) is 0 Å². The van der Waals surface area contributed by atoms with Gasteiger partial charge in [0.05, 0.1) is 12.2 Å². The van der Waals surface area contributed by atoms with E-state index in [1.54, 1.807) is 18.2 Å². The quantitative estimate of drug-likeness (QED) is 0.807. The second kappa shape index (κ2) is 7.24. The lowest BCUT2D eigenvalue weighted by Crippen LogP contribution is -2.15. The number of amides is 1. The summed E-state index contributed by atoms with van der Waals surface area (Å²) in [6.45, 7) is 3.02. The number of carbonyl (C=O) groups is 1. The van der Waals surface area contributed by atoms with Crippen molar-refractivity contribution in [3.05, 3.63) is 58.1 Å². The van der Waals surface area contributed by atoms with E-state index in [2.05, 4.69) is 21.2 Å². The van der Waals surface area contributed by atoms with Crippen molar-refractivity contribution in [1.29, 1.82) is 0 Å². The number of hydrogen-bond acceptors (Lipinski definition) is 3. The maximum atomic E-state index is 12.4. The van der Waals surface area contributed by atoms with Gasteiger partial charge in [0.15, 0.2) is 0 Å². The second-order valence-corrected chi connectivity index (χ2v) is 5.40. The van der Waals surface area contributed by atoms with Crippen molar-refractivity contribution in [3.63, 3.8) is 0 Å². The Bertz CT molecular complexity index is 644. The van der Waals surface area contributed by atoms with Crippen LogP contribution in [0.4, 0.5) is 11.4 Å². The Morgan fingerprint density at radius 3 is 2.81 bits per heavy atom. The van der Waals surface area contributed by atoms with E-state index in [4.69, 9.17) is 10.5 Å². The van der Waals surface area contributed by atoms with E-state index >= 15 is 0 Å². The average Bonchev–Trinajstić information content (AvgIpc) is 2.48. The van der Waals surface area contributed by atoms with Crippen LogP contribution in [0.2, 0.25) is 0 Å². The fourth-order valence-electron chi connectivity index (χ4n) is 1.89. The van der Waals surface area contributed by atoms with Crippen LogP contribution < -0.4 is 11.1 Å². The number of ether oxygens (including phenoxy) is 1. The highest BCUT2D eigenvalue weighted by Gasteiger charge is 2.12. The van der Waals surface area contributed by atoms with Crippen LogP contribution in [0, 0.1) is 0 Å². The summed E-state index contributed by atoms with van der Waals surface area (Å²) < 4.78 is 6.22. The first-order valence-electron chi connectivity index (χ1n) is 6.64. The molecule has 2 aromatic rings. The van der Waals surface area contributed by atoms with E-state index in [1.807, 2.05) is 31.2 Å². The molecule has 110 valence electrons. The molecule has 21 heavy (non-hydrogen) atoms. The predicted molar refractivity (Wildman–Crippen MR) is 88.3 cm³/mol. The standard InChI is InChI=1S/C16H17BrN2O2/c1-2-21-10-11-5-3-4-6-15(11)19-16(20)13-9-12(17)7-8-14(13)18/h3-9H,2,10,18H2,1H3,(H,19,20). The van der Waals surface area contributed by atoms with Crippen LogP contribution in [0.25, 0.3) is 0 Å². The molecular formula is C16H17BrN2O2. The van der Waals surface area contributed by atoms with E-state index in [9.17, 15) is 4.79 Å². The summed E-state index contributed by atoms with van der Waals surface area (Å²) in [5.74, 6) is -0.238. The summed E-state index contributed by atoms with van der Waals surface area (Å²) in [5.41, 5.74) is 8.40. The van der Waals surface area contributed by atoms with Gasteiger partial charge in [0, 0.05) is 28.0 Å². The summed E-state index contributed by atoms with van der Waals surface area (Å²) in [6.07, 6.45) is 0. The number of nitrogens with one attached hydrogen (secondary N) is 1. The highest BCUT2D eigenvalue weighted by molar-refractivity contribution is 9.10. The largest absolute Gasteiger partial charge is 0.398 e. The highest BCUT2D eigenvalue weighted by Crippen LogP contribution is 2.22. The van der Waals surface area contributed by atoms with Gasteiger partial charge in [-0.15, -0.1) is 0 Å². The molecule has 1 amide bonds. The monoisotopic (exact) mass is 348 g/mol. The number of benzene rings is 2. The van der Waals surface area contributed by atoms with Crippen LogP contribution in [-0.4, -0.2) is 12.5 Å². The van der Waals surface area contributed by atoms with Crippen LogP contribution in [0.1, 0.15) is 22.8 Å². The van der Waals surface area contributed by atoms with Crippen molar-refractivity contribution in [1.82, 2.24) is 0 Å². The maximum Gasteiger partial charge on any atom is 0.257 e. The highest BCUT2D eigenvalue weighted by atomic mass is 79.9. The van der Waals surface area contributed by atoms with Crippen molar-refractivity contribution in [3.8, 4) is 0 Å². The summed E-state index contributed by atoms with van der Waals surface area (Å²) in [4.78, 5) is 12.4. The summed E-state index contributed by atoms with van der Waals surface area (Å²) >= 11 is 3.34. The van der Waals surface area contributed by atoms with Crippen LogP contribution in [0.3, 0.4) is 0 Å². The van der Waals surface area contributed by atoms with Gasteiger partial charge in [-0.25, -0.2) is 0 Å². The van der Waals surface area contributed by atoms with Gasteiger partial charge < -0.3 is 15.8 Å². The zero-order valence-corrected chi connectivity index (χ0v) is 13.3. The summed E-state index contributed by atoms with van der Waals surface area (Å²) in [5, 5.41) is 2.88. The van der Waals surface area contributed by atoms with Crippen molar-refractivity contribution < 1.29 is 9.53 Å². The molecule has 0 atom stereocenters. The van der Waals surface area contributed by atoms with E-state index in [1.165, 1.54) is 0 Å². The average molecular weight is 349 g/mol. The number of rotatable bonds is 5. The van der Waals surface area contributed by atoms with Gasteiger partial charge >= 0.3 is 0 Å². The second-order valence-electron chi connectivity index (χ2n) is 4.48. The first-order chi connectivity index (χ1) is 10.1. The third-order valence-electron chi connectivity index (χ3n) is 2.99. The van der Waals surface area contributed by atoms with Crippen molar-refractivity contribution >= 4 is 33.2 Å². The number of anilines is 2. The Hall–Kier alpha value is -1.85. The van der Waals surface area contributed by atoms with Gasteiger partial charge in [0.2, 0.25) is 0 Å². The smallest absolute Gasteiger partial charge is 0.257 e. The number of carbonyl (C=O) groups excluding carboxylic acids is 1. The molecule has 0 fully saturated rings. The molecule has 0 aliphatic carbocycles. The van der Waals surface area contributed by atoms with Crippen LogP contribution >= 0.6 is 15.9 Å². The number of halogens is 1. The van der Waals surface area contributed by atoms with Crippen molar-refractivity contribution in [2.45, 2.75) is 13.5 Å². The number of para-hydroxylation sites is 1. The summed E-state index contributed by atoms with van der Waals surface area (Å²) in [7, 11) is 0. The lowest BCUT2D eigenvalue weighted by molar-refractivity contribution is 0.102. The minimum absolute atomic E-state index is 0.238. The summed E-state index contributed by atoms with van der Waals surface area (Å²) in [6, 6.07) is 12.8. The first kappa shape index (κ1) is 15.5. The molecule has 0 heterocycles. The molecule has 0 bridgehead atoms. The Labute approximate surface area is 132 Å². The van der Waals surface area contributed by atoms with Crippen LogP contribution in [0.5, 0.6) is 0 Å². The minimum Gasteiger partial charge on any atom is -0.398 e. The molecule has 3 N–H and O–H groups in total. The van der Waals surface area contributed by atoms with Gasteiger partial charge in [-0.1, -0.05) is 34.1 Å². The Morgan fingerprint density at radius 2 is 2.05 bits per heavy atom. The number of hydrogen-bond donors (Lipinski definition) is 2. The van der Waals surface area contributed by atoms with Crippen molar-refractivity contribution in [2.24, 2.45) is 0 Å². The van der Waals surface area contributed by atoms with Crippen molar-refractivity contribution in [2.75, 3.05) is 17.7 Å². The molecule has 0 aromatic heterocycles. The van der Waals surface area contributed by atoms with E-state index < -0.39 is 0 Å². The molecule has 0 saturated carbocycles. The van der Waals surface area contributed by atoms with Gasteiger partial charge in [-0.3, -0.25) is 4.79 Å².